The van der Waals surface area contributed by atoms with Crippen LogP contribution in [-0.2, 0) is 22.4 Å². The lowest BCUT2D eigenvalue weighted by Gasteiger charge is -2.12. The molecule has 0 aliphatic carbocycles. The zero-order valence-electron chi connectivity index (χ0n) is 14.0. The van der Waals surface area contributed by atoms with Crippen LogP contribution in [0.5, 0.6) is 0 Å². The van der Waals surface area contributed by atoms with Crippen molar-refractivity contribution in [2.45, 2.75) is 12.8 Å². The third-order valence-corrected chi connectivity index (χ3v) is 3.96. The van der Waals surface area contributed by atoms with Gasteiger partial charge in [0, 0.05) is 17.6 Å². The Hall–Kier alpha value is -2.95. The normalized spacial score (nSPS) is 10.6. The molecule has 0 unspecified atom stereocenters. The Morgan fingerprint density at radius 1 is 1.16 bits per heavy atom. The van der Waals surface area contributed by atoms with E-state index < -0.39 is 0 Å². The zero-order chi connectivity index (χ0) is 17.6. The van der Waals surface area contributed by atoms with E-state index in [1.54, 1.807) is 12.1 Å². The second-order valence-electron chi connectivity index (χ2n) is 5.73. The summed E-state index contributed by atoms with van der Waals surface area (Å²) < 4.78 is 17.7. The van der Waals surface area contributed by atoms with Crippen LogP contribution in [0.2, 0.25) is 0 Å². The van der Waals surface area contributed by atoms with Gasteiger partial charge in [0.15, 0.2) is 0 Å². The highest BCUT2D eigenvalue weighted by Gasteiger charge is 2.09. The molecular formula is C20H19FN2O2. The molecule has 25 heavy (non-hydrogen) atoms. The zero-order valence-corrected chi connectivity index (χ0v) is 14.0. The molecule has 0 saturated carbocycles. The van der Waals surface area contributed by atoms with Gasteiger partial charge in [0.25, 0.3) is 0 Å². The highest BCUT2D eigenvalue weighted by atomic mass is 19.1. The summed E-state index contributed by atoms with van der Waals surface area (Å²) in [5.74, 6) is -0.552. The average Bonchev–Trinajstić information content (AvgIpc) is 2.63. The number of fused-ring (bicyclic) bond motifs is 1. The van der Waals surface area contributed by atoms with Crippen molar-refractivity contribution in [2.24, 2.45) is 0 Å². The van der Waals surface area contributed by atoms with Crippen molar-refractivity contribution in [1.82, 2.24) is 4.98 Å². The number of hydrogen-bond acceptors (Lipinski definition) is 4. The number of halogens is 1. The van der Waals surface area contributed by atoms with Gasteiger partial charge in [-0.05, 0) is 36.2 Å². The van der Waals surface area contributed by atoms with E-state index in [-0.39, 0.29) is 18.2 Å². The molecule has 2 aromatic carbocycles. The molecule has 0 aliphatic rings. The molecule has 0 spiro atoms. The van der Waals surface area contributed by atoms with E-state index in [4.69, 9.17) is 4.74 Å². The predicted molar refractivity (Wildman–Crippen MR) is 96.1 cm³/mol. The number of nitrogens with zero attached hydrogens (tertiary/aromatic N) is 1. The molecule has 0 atom stereocenters. The minimum Gasteiger partial charge on any atom is -0.469 e. The molecule has 128 valence electrons. The maximum Gasteiger partial charge on any atom is 0.311 e. The van der Waals surface area contributed by atoms with Crippen LogP contribution in [0.4, 0.5) is 10.1 Å². The second kappa shape index (κ2) is 7.75. The Bertz CT molecular complexity index is 879. The Balaban J connectivity index is 1.78. The summed E-state index contributed by atoms with van der Waals surface area (Å²) in [5, 5.41) is 4.39. The van der Waals surface area contributed by atoms with Crippen molar-refractivity contribution in [3.8, 4) is 0 Å². The smallest absolute Gasteiger partial charge is 0.311 e. The van der Waals surface area contributed by atoms with Crippen molar-refractivity contribution in [1.29, 1.82) is 0 Å². The van der Waals surface area contributed by atoms with Crippen LogP contribution in [0.1, 0.15) is 11.3 Å². The van der Waals surface area contributed by atoms with Crippen molar-refractivity contribution in [2.75, 3.05) is 19.0 Å². The predicted octanol–water partition coefficient (Wildman–Crippen LogP) is 3.74. The molecule has 1 N–H and O–H groups in total. The number of rotatable bonds is 6. The second-order valence-corrected chi connectivity index (χ2v) is 5.73. The van der Waals surface area contributed by atoms with Crippen molar-refractivity contribution in [3.05, 3.63) is 71.7 Å². The average molecular weight is 338 g/mol. The fraction of sp³-hybridized carbons (Fsp3) is 0.200. The molecule has 0 aliphatic heterocycles. The van der Waals surface area contributed by atoms with Gasteiger partial charge >= 0.3 is 5.97 Å². The van der Waals surface area contributed by atoms with Crippen LogP contribution >= 0.6 is 0 Å². The molecule has 1 aromatic heterocycles. The SMILES string of the molecule is COC(=O)Cc1cc(NCCc2ccc(F)cc2)c2ccccc2n1. The van der Waals surface area contributed by atoms with E-state index >= 15 is 0 Å². The molecule has 4 nitrogen and oxygen atoms in total. The maximum absolute atomic E-state index is 13.0. The number of esters is 1. The molecule has 5 heteroatoms. The van der Waals surface area contributed by atoms with E-state index in [2.05, 4.69) is 10.3 Å². The molecule has 0 amide bonds. The maximum atomic E-state index is 13.0. The van der Waals surface area contributed by atoms with Gasteiger partial charge in [-0.3, -0.25) is 9.78 Å². The first-order valence-corrected chi connectivity index (χ1v) is 8.09. The van der Waals surface area contributed by atoms with Crippen molar-refractivity contribution in [3.63, 3.8) is 0 Å². The lowest BCUT2D eigenvalue weighted by atomic mass is 10.1. The van der Waals surface area contributed by atoms with Gasteiger partial charge in [-0.2, -0.15) is 0 Å². The topological polar surface area (TPSA) is 51.2 Å². The minimum atomic E-state index is -0.319. The summed E-state index contributed by atoms with van der Waals surface area (Å²) >= 11 is 0. The third kappa shape index (κ3) is 4.32. The summed E-state index contributed by atoms with van der Waals surface area (Å²) in [7, 11) is 1.37. The Labute approximate surface area is 145 Å². The number of methoxy groups -OCH3 is 1. The standard InChI is InChI=1S/C20H19FN2O2/c1-25-20(24)13-16-12-19(17-4-2-3-5-18(17)23-16)22-11-10-14-6-8-15(21)9-7-14/h2-9,12H,10-11,13H2,1H3,(H,22,23). The Morgan fingerprint density at radius 2 is 1.92 bits per heavy atom. The Morgan fingerprint density at radius 3 is 2.68 bits per heavy atom. The quantitative estimate of drug-likeness (QED) is 0.696. The summed E-state index contributed by atoms with van der Waals surface area (Å²) in [6, 6.07) is 16.1. The fourth-order valence-electron chi connectivity index (χ4n) is 2.68. The van der Waals surface area contributed by atoms with Gasteiger partial charge in [-0.15, -0.1) is 0 Å². The molecule has 3 aromatic rings. The minimum absolute atomic E-state index is 0.133. The molecule has 0 saturated heterocycles. The number of anilines is 1. The molecule has 0 bridgehead atoms. The van der Waals surface area contributed by atoms with Crippen LogP contribution in [0, 0.1) is 5.82 Å². The summed E-state index contributed by atoms with van der Waals surface area (Å²) in [4.78, 5) is 16.1. The van der Waals surface area contributed by atoms with Crippen LogP contribution in [0.15, 0.2) is 54.6 Å². The lowest BCUT2D eigenvalue weighted by Crippen LogP contribution is -2.09. The molecular weight excluding hydrogens is 319 g/mol. The third-order valence-electron chi connectivity index (χ3n) is 3.96. The van der Waals surface area contributed by atoms with E-state index in [1.165, 1.54) is 19.2 Å². The summed E-state index contributed by atoms with van der Waals surface area (Å²) in [6.07, 6.45) is 0.900. The van der Waals surface area contributed by atoms with E-state index in [1.807, 2.05) is 30.3 Å². The van der Waals surface area contributed by atoms with E-state index in [9.17, 15) is 9.18 Å². The van der Waals surface area contributed by atoms with Gasteiger partial charge in [-0.1, -0.05) is 30.3 Å². The van der Waals surface area contributed by atoms with Gasteiger partial charge in [-0.25, -0.2) is 4.39 Å². The first kappa shape index (κ1) is 16.9. The molecule has 1 heterocycles. The van der Waals surface area contributed by atoms with E-state index in [0.717, 1.165) is 28.6 Å². The summed E-state index contributed by atoms with van der Waals surface area (Å²) in [5.41, 5.74) is 3.47. The largest absolute Gasteiger partial charge is 0.469 e. The highest BCUT2D eigenvalue weighted by Crippen LogP contribution is 2.23. The van der Waals surface area contributed by atoms with Gasteiger partial charge in [0.05, 0.1) is 24.7 Å². The number of benzene rings is 2. The van der Waals surface area contributed by atoms with Gasteiger partial charge < -0.3 is 10.1 Å². The lowest BCUT2D eigenvalue weighted by molar-refractivity contribution is -0.139. The molecule has 3 rings (SSSR count). The molecule has 0 fully saturated rings. The Kier molecular flexibility index (Phi) is 5.23. The number of para-hydroxylation sites is 1. The highest BCUT2D eigenvalue weighted by molar-refractivity contribution is 5.92. The van der Waals surface area contributed by atoms with Crippen molar-refractivity contribution >= 4 is 22.6 Å². The van der Waals surface area contributed by atoms with Gasteiger partial charge in [0.2, 0.25) is 0 Å². The monoisotopic (exact) mass is 338 g/mol. The van der Waals surface area contributed by atoms with Crippen LogP contribution in [0.3, 0.4) is 0 Å². The van der Waals surface area contributed by atoms with Crippen LogP contribution in [0.25, 0.3) is 10.9 Å². The number of aromatic nitrogens is 1. The summed E-state index contributed by atoms with van der Waals surface area (Å²) in [6.45, 7) is 0.692. The number of nitrogens with one attached hydrogen (secondary N) is 1. The number of pyridine rings is 1. The number of carbonyl (C=O) groups excluding carboxylic acids is 1. The molecule has 0 radical (unpaired) electrons. The van der Waals surface area contributed by atoms with Crippen LogP contribution < -0.4 is 5.32 Å². The number of ether oxygens (including phenoxy) is 1. The van der Waals surface area contributed by atoms with Gasteiger partial charge in [0.1, 0.15) is 5.82 Å². The van der Waals surface area contributed by atoms with Crippen LogP contribution in [-0.4, -0.2) is 24.6 Å². The fourth-order valence-corrected chi connectivity index (χ4v) is 2.68. The van der Waals surface area contributed by atoms with E-state index in [0.29, 0.717) is 12.2 Å². The number of hydrogen-bond donors (Lipinski definition) is 1. The first-order chi connectivity index (χ1) is 12.2. The van der Waals surface area contributed by atoms with Crippen molar-refractivity contribution < 1.29 is 13.9 Å². The first-order valence-electron chi connectivity index (χ1n) is 8.09. The number of carbonyl (C=O) groups is 1.